The second-order valence-electron chi connectivity index (χ2n) is 4.82. The molecule has 1 saturated carbocycles. The number of rotatable bonds is 4. The summed E-state index contributed by atoms with van der Waals surface area (Å²) in [7, 11) is 0. The average molecular weight is 244 g/mol. The topological polar surface area (TPSA) is 59.3 Å². The molecule has 0 aliphatic heterocycles. The largest absolute Gasteiger partial charge is 0.352 e. The number of amides is 1. The minimum Gasteiger partial charge on any atom is -0.352 e. The van der Waals surface area contributed by atoms with E-state index in [1.807, 2.05) is 0 Å². The van der Waals surface area contributed by atoms with E-state index in [4.69, 9.17) is 0 Å². The average Bonchev–Trinajstić information content (AvgIpc) is 3.04. The molecule has 3 rings (SSSR count). The lowest BCUT2D eigenvalue weighted by Gasteiger charge is -2.02. The number of carbonyl (C=O) groups is 1. The molecule has 0 spiro atoms. The highest BCUT2D eigenvalue weighted by Crippen LogP contribution is 2.40. The lowest BCUT2D eigenvalue weighted by atomic mass is 10.2. The second-order valence-corrected chi connectivity index (χ2v) is 4.82. The number of aromatic nitrogens is 3. The van der Waals surface area contributed by atoms with Crippen LogP contribution in [0.15, 0.2) is 24.7 Å². The van der Waals surface area contributed by atoms with Gasteiger partial charge in [0.25, 0.3) is 5.91 Å². The molecule has 1 N–H and O–H groups in total. The smallest absolute Gasteiger partial charge is 0.256 e. The van der Waals surface area contributed by atoms with Crippen LogP contribution in [-0.2, 0) is 0 Å². The van der Waals surface area contributed by atoms with E-state index >= 15 is 0 Å². The number of hydrogen-bond acceptors (Lipinski definition) is 3. The zero-order chi connectivity index (χ0) is 12.5. The molecule has 2 heterocycles. The maximum absolute atomic E-state index is 12.0. The third-order valence-electron chi connectivity index (χ3n) is 3.64. The fraction of sp³-hybridized carbons (Fsp3) is 0.462. The van der Waals surface area contributed by atoms with E-state index in [0.717, 1.165) is 12.5 Å². The minimum absolute atomic E-state index is 0.0783. The Morgan fingerprint density at radius 1 is 1.56 bits per heavy atom. The van der Waals surface area contributed by atoms with E-state index in [0.29, 0.717) is 17.1 Å². The lowest BCUT2D eigenvalue weighted by Crippen LogP contribution is -2.26. The number of carbonyl (C=O) groups excluding carboxylic acids is 1. The van der Waals surface area contributed by atoms with Gasteiger partial charge in [0, 0.05) is 18.9 Å². The Bertz CT molecular complexity index is 577. The monoisotopic (exact) mass is 244 g/mol. The predicted octanol–water partition coefficient (Wildman–Crippen LogP) is 1.51. The minimum atomic E-state index is -0.0783. The number of nitrogens with zero attached hydrogens (tertiary/aromatic N) is 3. The van der Waals surface area contributed by atoms with E-state index in [1.54, 1.807) is 29.2 Å². The molecule has 2 aromatic rings. The predicted molar refractivity (Wildman–Crippen MR) is 67.2 cm³/mol. The summed E-state index contributed by atoms with van der Waals surface area (Å²) in [6, 6.07) is 1.79. The van der Waals surface area contributed by atoms with Crippen molar-refractivity contribution in [3.8, 4) is 0 Å². The van der Waals surface area contributed by atoms with Crippen LogP contribution in [0, 0.1) is 11.8 Å². The van der Waals surface area contributed by atoms with Crippen LogP contribution in [-0.4, -0.2) is 27.0 Å². The molecule has 1 aliphatic carbocycles. The van der Waals surface area contributed by atoms with Gasteiger partial charge in [0.2, 0.25) is 0 Å². The summed E-state index contributed by atoms with van der Waals surface area (Å²) in [4.78, 5) is 16.2. The molecule has 2 aromatic heterocycles. The van der Waals surface area contributed by atoms with E-state index in [2.05, 4.69) is 22.3 Å². The Morgan fingerprint density at radius 2 is 2.44 bits per heavy atom. The maximum atomic E-state index is 12.0. The zero-order valence-corrected chi connectivity index (χ0v) is 10.3. The summed E-state index contributed by atoms with van der Waals surface area (Å²) in [5.74, 6) is 1.38. The molecule has 0 bridgehead atoms. The first-order valence-electron chi connectivity index (χ1n) is 6.36. The van der Waals surface area contributed by atoms with Crippen molar-refractivity contribution >= 4 is 11.6 Å². The van der Waals surface area contributed by atoms with Gasteiger partial charge in [0.15, 0.2) is 5.65 Å². The molecule has 1 aliphatic rings. The van der Waals surface area contributed by atoms with E-state index in [-0.39, 0.29) is 5.91 Å². The van der Waals surface area contributed by atoms with E-state index in [9.17, 15) is 4.79 Å². The Labute approximate surface area is 105 Å². The number of nitrogens with one attached hydrogen (secondary N) is 1. The molecule has 0 unspecified atom stereocenters. The van der Waals surface area contributed by atoms with Crippen molar-refractivity contribution in [2.75, 3.05) is 6.54 Å². The van der Waals surface area contributed by atoms with E-state index in [1.165, 1.54) is 12.8 Å². The maximum Gasteiger partial charge on any atom is 0.256 e. The molecule has 0 saturated heterocycles. The molecular weight excluding hydrogens is 228 g/mol. The Hall–Kier alpha value is -1.91. The number of fused-ring (bicyclic) bond motifs is 1. The molecule has 2 atom stereocenters. The Morgan fingerprint density at radius 3 is 3.22 bits per heavy atom. The zero-order valence-electron chi connectivity index (χ0n) is 10.3. The molecule has 0 aromatic carbocycles. The van der Waals surface area contributed by atoms with Crippen molar-refractivity contribution in [1.29, 1.82) is 0 Å². The van der Waals surface area contributed by atoms with Gasteiger partial charge in [-0.25, -0.2) is 9.50 Å². The van der Waals surface area contributed by atoms with Gasteiger partial charge >= 0.3 is 0 Å². The molecule has 1 fully saturated rings. The van der Waals surface area contributed by atoms with Gasteiger partial charge in [0.05, 0.1) is 6.20 Å². The van der Waals surface area contributed by atoms with Crippen LogP contribution in [0.25, 0.3) is 5.65 Å². The Kier molecular flexibility index (Phi) is 2.74. The summed E-state index contributed by atoms with van der Waals surface area (Å²) in [5, 5.41) is 7.08. The van der Waals surface area contributed by atoms with Gasteiger partial charge in [-0.3, -0.25) is 4.79 Å². The highest BCUT2D eigenvalue weighted by Gasteiger charge is 2.35. The van der Waals surface area contributed by atoms with Crippen LogP contribution >= 0.6 is 0 Å². The molecule has 18 heavy (non-hydrogen) atoms. The summed E-state index contributed by atoms with van der Waals surface area (Å²) in [5.41, 5.74) is 1.15. The summed E-state index contributed by atoms with van der Waals surface area (Å²) < 4.78 is 1.61. The highest BCUT2D eigenvalue weighted by molar-refractivity contribution is 5.99. The van der Waals surface area contributed by atoms with Gasteiger partial charge in [-0.2, -0.15) is 5.10 Å². The third kappa shape index (κ3) is 1.96. The summed E-state index contributed by atoms with van der Waals surface area (Å²) >= 11 is 0. The van der Waals surface area contributed by atoms with Crippen molar-refractivity contribution < 1.29 is 4.79 Å². The normalized spacial score (nSPS) is 22.1. The number of hydrogen-bond donors (Lipinski definition) is 1. The van der Waals surface area contributed by atoms with Crippen LogP contribution in [0.5, 0.6) is 0 Å². The van der Waals surface area contributed by atoms with E-state index < -0.39 is 0 Å². The van der Waals surface area contributed by atoms with Crippen molar-refractivity contribution in [3.05, 3.63) is 30.2 Å². The van der Waals surface area contributed by atoms with Crippen LogP contribution in [0.1, 0.15) is 30.1 Å². The van der Waals surface area contributed by atoms with Crippen LogP contribution in [0.2, 0.25) is 0 Å². The van der Waals surface area contributed by atoms with Crippen molar-refractivity contribution in [3.63, 3.8) is 0 Å². The van der Waals surface area contributed by atoms with Crippen LogP contribution in [0.4, 0.5) is 0 Å². The van der Waals surface area contributed by atoms with Gasteiger partial charge in [-0.05, 0) is 24.3 Å². The summed E-state index contributed by atoms with van der Waals surface area (Å²) in [6.45, 7) is 2.96. The van der Waals surface area contributed by atoms with Crippen LogP contribution < -0.4 is 5.32 Å². The standard InChI is InChI=1S/C13H16N4O/c1-2-9-6-10(9)7-15-13(18)11-8-16-17-5-3-4-14-12(11)17/h3-5,8-10H,2,6-7H2,1H3,(H,15,18)/t9-,10+/m1/s1. The lowest BCUT2D eigenvalue weighted by molar-refractivity contribution is 0.0952. The molecule has 1 amide bonds. The molecule has 94 valence electrons. The highest BCUT2D eigenvalue weighted by atomic mass is 16.1. The van der Waals surface area contributed by atoms with Crippen molar-refractivity contribution in [1.82, 2.24) is 19.9 Å². The van der Waals surface area contributed by atoms with Crippen molar-refractivity contribution in [2.45, 2.75) is 19.8 Å². The van der Waals surface area contributed by atoms with Gasteiger partial charge in [0.1, 0.15) is 5.56 Å². The molecular formula is C13H16N4O. The first-order valence-corrected chi connectivity index (χ1v) is 6.36. The van der Waals surface area contributed by atoms with Gasteiger partial charge in [-0.15, -0.1) is 0 Å². The third-order valence-corrected chi connectivity index (χ3v) is 3.64. The fourth-order valence-electron chi connectivity index (χ4n) is 2.37. The SMILES string of the molecule is CC[C@@H]1C[C@H]1CNC(=O)c1cnn2cccnc12. The first kappa shape index (κ1) is 11.2. The first-order chi connectivity index (χ1) is 8.79. The molecule has 5 nitrogen and oxygen atoms in total. The molecule has 5 heteroatoms. The second kappa shape index (κ2) is 4.40. The molecule has 0 radical (unpaired) electrons. The summed E-state index contributed by atoms with van der Waals surface area (Å²) in [6.07, 6.45) is 7.47. The van der Waals surface area contributed by atoms with Crippen LogP contribution in [0.3, 0.4) is 0 Å². The fourth-order valence-corrected chi connectivity index (χ4v) is 2.37. The Balaban J connectivity index is 1.69. The van der Waals surface area contributed by atoms with Gasteiger partial charge in [-0.1, -0.05) is 13.3 Å². The van der Waals surface area contributed by atoms with Gasteiger partial charge < -0.3 is 5.32 Å². The quantitative estimate of drug-likeness (QED) is 0.886. The van der Waals surface area contributed by atoms with Crippen molar-refractivity contribution in [2.24, 2.45) is 11.8 Å².